The summed E-state index contributed by atoms with van der Waals surface area (Å²) in [5.74, 6) is -2.00. The van der Waals surface area contributed by atoms with Gasteiger partial charge in [-0.25, -0.2) is 29.3 Å². The van der Waals surface area contributed by atoms with Gasteiger partial charge in [-0.05, 0) is 43.3 Å². The quantitative estimate of drug-likeness (QED) is 0.133. The Morgan fingerprint density at radius 3 is 2.00 bits per heavy atom. The van der Waals surface area contributed by atoms with Crippen molar-refractivity contribution in [1.29, 1.82) is 0 Å². The number of hydrogen-bond acceptors (Lipinski definition) is 10. The van der Waals surface area contributed by atoms with E-state index in [-0.39, 0.29) is 34.1 Å². The first-order chi connectivity index (χ1) is 21.3. The topological polar surface area (TPSA) is 132 Å². The largest absolute Gasteiger partial charge is 0.459 e. The van der Waals surface area contributed by atoms with Gasteiger partial charge in [-0.1, -0.05) is 66.2 Å². The van der Waals surface area contributed by atoms with E-state index in [2.05, 4.69) is 15.0 Å². The second-order valence-corrected chi connectivity index (χ2v) is 10.5. The first kappa shape index (κ1) is 29.0. The van der Waals surface area contributed by atoms with Crippen LogP contribution in [-0.4, -0.2) is 61.8 Å². The van der Waals surface area contributed by atoms with Crippen molar-refractivity contribution in [2.75, 3.05) is 6.61 Å². The Morgan fingerprint density at radius 2 is 1.39 bits per heavy atom. The number of carbonyl (C=O) groups is 3. The second kappa shape index (κ2) is 12.2. The number of fused-ring (bicyclic) bond motifs is 1. The Hall–Kier alpha value is -5.13. The van der Waals surface area contributed by atoms with Crippen molar-refractivity contribution < 1.29 is 33.3 Å². The van der Waals surface area contributed by atoms with Crippen molar-refractivity contribution in [1.82, 2.24) is 19.5 Å². The van der Waals surface area contributed by atoms with Gasteiger partial charge < -0.3 is 18.9 Å². The molecule has 1 saturated heterocycles. The van der Waals surface area contributed by atoms with Crippen LogP contribution < -0.4 is 0 Å². The normalized spacial score (nSPS) is 21.1. The van der Waals surface area contributed by atoms with Crippen LogP contribution in [0.5, 0.6) is 0 Å². The number of halogens is 1. The number of ether oxygens (including phenoxy) is 4. The highest BCUT2D eigenvalue weighted by molar-refractivity contribution is 6.33. The van der Waals surface area contributed by atoms with Gasteiger partial charge in [0.25, 0.3) is 0 Å². The maximum absolute atomic E-state index is 13.5. The summed E-state index contributed by atoms with van der Waals surface area (Å²) in [6.07, 6.45) is -0.814. The Bertz CT molecular complexity index is 1800. The lowest BCUT2D eigenvalue weighted by Crippen LogP contribution is -2.50. The molecule has 1 aliphatic heterocycles. The maximum Gasteiger partial charge on any atom is 0.338 e. The third kappa shape index (κ3) is 5.62. The number of nitrogens with zero attached hydrogens (tertiary/aromatic N) is 4. The summed E-state index contributed by atoms with van der Waals surface area (Å²) in [7, 11) is 0. The fourth-order valence-corrected chi connectivity index (χ4v) is 5.23. The summed E-state index contributed by atoms with van der Waals surface area (Å²) in [5.41, 5.74) is -0.268. The summed E-state index contributed by atoms with van der Waals surface area (Å²) in [5, 5.41) is 0.107. The highest BCUT2D eigenvalue weighted by atomic mass is 35.5. The Labute approximate surface area is 256 Å². The molecule has 6 rings (SSSR count). The van der Waals surface area contributed by atoms with E-state index in [9.17, 15) is 14.4 Å². The average Bonchev–Trinajstić information content (AvgIpc) is 3.60. The van der Waals surface area contributed by atoms with E-state index < -0.39 is 41.9 Å². The van der Waals surface area contributed by atoms with Gasteiger partial charge in [0.15, 0.2) is 28.7 Å². The van der Waals surface area contributed by atoms with Crippen molar-refractivity contribution in [3.63, 3.8) is 0 Å². The lowest BCUT2D eigenvalue weighted by molar-refractivity contribution is -0.108. The van der Waals surface area contributed by atoms with Crippen molar-refractivity contribution >= 4 is 40.7 Å². The molecule has 0 N–H and O–H groups in total. The van der Waals surface area contributed by atoms with Gasteiger partial charge in [0, 0.05) is 0 Å². The Balaban J connectivity index is 1.41. The van der Waals surface area contributed by atoms with Crippen molar-refractivity contribution in [2.24, 2.45) is 0 Å². The first-order valence-corrected chi connectivity index (χ1v) is 14.0. The zero-order chi connectivity index (χ0) is 30.7. The van der Waals surface area contributed by atoms with E-state index in [1.54, 1.807) is 97.9 Å². The van der Waals surface area contributed by atoms with Crippen LogP contribution in [0.3, 0.4) is 0 Å². The SMILES string of the molecule is C[C@@]1(OC(=O)c2ccccc2)C(OC(=O)c2ccccc2)[C@@H](COC(=O)c2ccccc2)O[C@H]1n1cnc2c(Cl)ncnc21. The Kier molecular flexibility index (Phi) is 8.05. The average molecular weight is 613 g/mol. The fourth-order valence-electron chi connectivity index (χ4n) is 5.05. The molecule has 0 spiro atoms. The predicted molar refractivity (Wildman–Crippen MR) is 157 cm³/mol. The molecular formula is C32H25ClN4O7. The molecule has 0 radical (unpaired) electrons. The molecule has 5 aromatic rings. The third-order valence-electron chi connectivity index (χ3n) is 7.22. The van der Waals surface area contributed by atoms with E-state index in [1.165, 1.54) is 17.2 Å². The highest BCUT2D eigenvalue weighted by Crippen LogP contribution is 2.45. The maximum atomic E-state index is 13.5. The van der Waals surface area contributed by atoms with Crippen LogP contribution in [0.25, 0.3) is 11.2 Å². The monoisotopic (exact) mass is 612 g/mol. The molecule has 0 aliphatic carbocycles. The summed E-state index contributed by atoms with van der Waals surface area (Å²) in [4.78, 5) is 52.4. The molecule has 222 valence electrons. The summed E-state index contributed by atoms with van der Waals surface area (Å²) in [6.45, 7) is 1.24. The molecule has 3 aromatic carbocycles. The van der Waals surface area contributed by atoms with Crippen LogP contribution in [0, 0.1) is 0 Å². The van der Waals surface area contributed by atoms with E-state index in [0.29, 0.717) is 5.56 Å². The van der Waals surface area contributed by atoms with Crippen LogP contribution in [0.15, 0.2) is 104 Å². The van der Waals surface area contributed by atoms with Crippen LogP contribution in [0.4, 0.5) is 0 Å². The Morgan fingerprint density at radius 1 is 0.818 bits per heavy atom. The number of esters is 3. The van der Waals surface area contributed by atoms with E-state index >= 15 is 0 Å². The second-order valence-electron chi connectivity index (χ2n) is 10.1. The number of carbonyl (C=O) groups excluding carboxylic acids is 3. The zero-order valence-electron chi connectivity index (χ0n) is 23.3. The van der Waals surface area contributed by atoms with Gasteiger partial charge in [-0.2, -0.15) is 0 Å². The van der Waals surface area contributed by atoms with Crippen LogP contribution in [-0.2, 0) is 18.9 Å². The molecule has 11 nitrogen and oxygen atoms in total. The molecule has 1 fully saturated rings. The number of hydrogen-bond donors (Lipinski definition) is 0. The molecule has 0 saturated carbocycles. The van der Waals surface area contributed by atoms with E-state index in [1.807, 2.05) is 0 Å². The van der Waals surface area contributed by atoms with Crippen molar-refractivity contribution in [3.05, 3.63) is 125 Å². The zero-order valence-corrected chi connectivity index (χ0v) is 24.0. The lowest BCUT2D eigenvalue weighted by atomic mass is 9.95. The molecule has 2 aromatic heterocycles. The number of aromatic nitrogens is 4. The van der Waals surface area contributed by atoms with Crippen LogP contribution in [0.2, 0.25) is 5.15 Å². The number of imidazole rings is 1. The minimum Gasteiger partial charge on any atom is -0.459 e. The number of benzene rings is 3. The van der Waals surface area contributed by atoms with E-state index in [0.717, 1.165) is 0 Å². The van der Waals surface area contributed by atoms with Gasteiger partial charge in [-0.3, -0.25) is 4.57 Å². The molecular weight excluding hydrogens is 588 g/mol. The predicted octanol–water partition coefficient (Wildman–Crippen LogP) is 5.08. The fraction of sp³-hybridized carbons (Fsp3) is 0.188. The highest BCUT2D eigenvalue weighted by Gasteiger charge is 2.60. The smallest absolute Gasteiger partial charge is 0.338 e. The summed E-state index contributed by atoms with van der Waals surface area (Å²) < 4.78 is 25.8. The van der Waals surface area contributed by atoms with Crippen LogP contribution >= 0.6 is 11.6 Å². The van der Waals surface area contributed by atoms with Gasteiger partial charge in [0.05, 0.1) is 23.0 Å². The van der Waals surface area contributed by atoms with Crippen molar-refractivity contribution in [3.8, 4) is 0 Å². The molecule has 0 bridgehead atoms. The van der Waals surface area contributed by atoms with Crippen molar-refractivity contribution in [2.45, 2.75) is 31.0 Å². The van der Waals surface area contributed by atoms with Gasteiger partial charge in [0.2, 0.25) is 0 Å². The minimum absolute atomic E-state index is 0.107. The molecule has 12 heteroatoms. The molecule has 44 heavy (non-hydrogen) atoms. The molecule has 1 unspecified atom stereocenters. The number of rotatable bonds is 8. The third-order valence-corrected chi connectivity index (χ3v) is 7.49. The lowest BCUT2D eigenvalue weighted by Gasteiger charge is -2.34. The van der Waals surface area contributed by atoms with E-state index in [4.69, 9.17) is 30.5 Å². The molecule has 4 atom stereocenters. The van der Waals surface area contributed by atoms with Crippen LogP contribution in [0.1, 0.15) is 44.2 Å². The summed E-state index contributed by atoms with van der Waals surface area (Å²) in [6, 6.07) is 25.1. The first-order valence-electron chi connectivity index (χ1n) is 13.6. The minimum atomic E-state index is -1.69. The standard InChI is InChI=1S/C32H25ClN4O7/c1-32(44-30(40)22-15-9-4-10-16-22)25(43-29(39)21-13-7-3-8-14-21)23(17-41-28(38)20-11-5-2-6-12-20)42-31(32)37-19-36-24-26(33)34-18-35-27(24)37/h2-16,18-19,23,25,31H,17H2,1H3/t23-,25?,31-,32-/m1/s1. The summed E-state index contributed by atoms with van der Waals surface area (Å²) >= 11 is 6.27. The molecule has 1 aliphatic rings. The van der Waals surface area contributed by atoms with Gasteiger partial charge in [-0.15, -0.1) is 0 Å². The molecule has 3 heterocycles. The molecule has 0 amide bonds. The van der Waals surface area contributed by atoms with Gasteiger partial charge in [0.1, 0.15) is 24.6 Å². The van der Waals surface area contributed by atoms with Gasteiger partial charge >= 0.3 is 17.9 Å².